The number of hydrogen-bond acceptors (Lipinski definition) is 5. The highest BCUT2D eigenvalue weighted by Gasteiger charge is 2.20. The predicted octanol–water partition coefficient (Wildman–Crippen LogP) is 12.0. The van der Waals surface area contributed by atoms with E-state index in [4.69, 9.17) is 23.8 Å². The molecule has 0 fully saturated rings. The lowest BCUT2D eigenvalue weighted by Crippen LogP contribution is -2.00. The van der Waals surface area contributed by atoms with E-state index in [1.54, 1.807) is 0 Å². The van der Waals surface area contributed by atoms with Crippen LogP contribution in [-0.4, -0.2) is 15.0 Å². The minimum atomic E-state index is 0.573. The normalized spacial score (nSPS) is 11.6. The summed E-state index contributed by atoms with van der Waals surface area (Å²) in [6.07, 6.45) is 0. The van der Waals surface area contributed by atoms with Gasteiger partial charge >= 0.3 is 0 Å². The second-order valence-electron chi connectivity index (χ2n) is 12.4. The van der Waals surface area contributed by atoms with Crippen molar-refractivity contribution in [2.75, 3.05) is 0 Å². The van der Waals surface area contributed by atoms with Crippen LogP contribution in [0.15, 0.2) is 173 Å². The van der Waals surface area contributed by atoms with Gasteiger partial charge in [-0.25, -0.2) is 15.0 Å². The van der Waals surface area contributed by atoms with Gasteiger partial charge in [0.1, 0.15) is 22.3 Å². The maximum Gasteiger partial charge on any atom is 0.164 e. The smallest absolute Gasteiger partial charge is 0.164 e. The minimum absolute atomic E-state index is 0.573. The van der Waals surface area contributed by atoms with Crippen molar-refractivity contribution in [3.63, 3.8) is 0 Å². The Bertz CT molecular complexity index is 2850. The van der Waals surface area contributed by atoms with Crippen LogP contribution in [0.3, 0.4) is 0 Å². The van der Waals surface area contributed by atoms with E-state index in [1.165, 1.54) is 0 Å². The third kappa shape index (κ3) is 4.75. The van der Waals surface area contributed by atoms with Gasteiger partial charge < -0.3 is 8.83 Å². The summed E-state index contributed by atoms with van der Waals surface area (Å²) < 4.78 is 12.8. The third-order valence-electron chi connectivity index (χ3n) is 9.35. The second-order valence-corrected chi connectivity index (χ2v) is 12.4. The number of aromatic nitrogens is 3. The molecule has 0 atom stereocenters. The molecule has 0 aliphatic heterocycles. The molecule has 0 saturated heterocycles. The van der Waals surface area contributed by atoms with Crippen LogP contribution < -0.4 is 0 Å². The van der Waals surface area contributed by atoms with E-state index in [1.807, 2.05) is 72.8 Å². The Labute approximate surface area is 287 Å². The summed E-state index contributed by atoms with van der Waals surface area (Å²) in [4.78, 5) is 15.3. The molecule has 0 N–H and O–H groups in total. The zero-order chi connectivity index (χ0) is 33.0. The van der Waals surface area contributed by atoms with E-state index in [-0.39, 0.29) is 0 Å². The van der Waals surface area contributed by atoms with Crippen LogP contribution in [0, 0.1) is 0 Å². The topological polar surface area (TPSA) is 65.0 Å². The minimum Gasteiger partial charge on any atom is -0.456 e. The molecule has 0 amide bonds. The van der Waals surface area contributed by atoms with Crippen molar-refractivity contribution in [2.45, 2.75) is 0 Å². The van der Waals surface area contributed by atoms with Crippen LogP contribution in [0.5, 0.6) is 0 Å². The first-order chi connectivity index (χ1) is 24.7. The Balaban J connectivity index is 1.20. The highest BCUT2D eigenvalue weighted by molar-refractivity contribution is 6.13. The summed E-state index contributed by atoms with van der Waals surface area (Å²) in [7, 11) is 0. The zero-order valence-corrected chi connectivity index (χ0v) is 26.7. The predicted molar refractivity (Wildman–Crippen MR) is 202 cm³/mol. The lowest BCUT2D eigenvalue weighted by Gasteiger charge is -2.11. The van der Waals surface area contributed by atoms with Gasteiger partial charge in [0.05, 0.1) is 0 Å². The van der Waals surface area contributed by atoms with Gasteiger partial charge in [-0.2, -0.15) is 0 Å². The van der Waals surface area contributed by atoms with Gasteiger partial charge in [-0.05, 0) is 58.7 Å². The fraction of sp³-hybridized carbons (Fsp3) is 0. The van der Waals surface area contributed by atoms with Gasteiger partial charge in [0, 0.05) is 38.2 Å². The van der Waals surface area contributed by atoms with Crippen molar-refractivity contribution in [1.82, 2.24) is 15.0 Å². The fourth-order valence-corrected chi connectivity index (χ4v) is 6.89. The number of furan rings is 2. The monoisotopic (exact) mass is 641 g/mol. The van der Waals surface area contributed by atoms with Crippen molar-refractivity contribution in [3.05, 3.63) is 164 Å². The average molecular weight is 642 g/mol. The molecule has 0 spiro atoms. The fourth-order valence-electron chi connectivity index (χ4n) is 6.89. The number of rotatable bonds is 5. The summed E-state index contributed by atoms with van der Waals surface area (Å²) in [5.74, 6) is 1.78. The maximum atomic E-state index is 6.50. The summed E-state index contributed by atoms with van der Waals surface area (Å²) in [5, 5.41) is 4.16. The van der Waals surface area contributed by atoms with Crippen LogP contribution in [0.25, 0.3) is 100 Å². The number of fused-ring (bicyclic) bond motifs is 6. The van der Waals surface area contributed by atoms with Gasteiger partial charge in [-0.1, -0.05) is 127 Å². The SMILES string of the molecule is c1ccc(-c2ccc(-c3nc(-c4ccccc4)nc(-c4cc(-c5ccc6c(c5)oc5ccccc56)cc5oc6ccccc6c45)n3)cc2)cc1. The molecule has 10 rings (SSSR count). The maximum absolute atomic E-state index is 6.50. The summed E-state index contributed by atoms with van der Waals surface area (Å²) in [6.45, 7) is 0. The molecule has 50 heavy (non-hydrogen) atoms. The molecule has 0 radical (unpaired) electrons. The zero-order valence-electron chi connectivity index (χ0n) is 26.7. The highest BCUT2D eigenvalue weighted by atomic mass is 16.3. The first kappa shape index (κ1) is 28.2. The molecule has 0 aliphatic carbocycles. The highest BCUT2D eigenvalue weighted by Crippen LogP contribution is 2.41. The van der Waals surface area contributed by atoms with Crippen LogP contribution in [0.1, 0.15) is 0 Å². The Hall–Kier alpha value is -6.85. The second kappa shape index (κ2) is 11.4. The van der Waals surface area contributed by atoms with Gasteiger partial charge in [0.2, 0.25) is 0 Å². The van der Waals surface area contributed by atoms with Gasteiger partial charge in [-0.15, -0.1) is 0 Å². The molecule has 7 aromatic carbocycles. The molecule has 0 unspecified atom stereocenters. The largest absolute Gasteiger partial charge is 0.456 e. The van der Waals surface area contributed by atoms with Gasteiger partial charge in [0.15, 0.2) is 17.5 Å². The lowest BCUT2D eigenvalue weighted by atomic mass is 9.97. The number of para-hydroxylation sites is 2. The van der Waals surface area contributed by atoms with Gasteiger partial charge in [0.25, 0.3) is 0 Å². The molecule has 3 heterocycles. The molecule has 5 nitrogen and oxygen atoms in total. The average Bonchev–Trinajstić information content (AvgIpc) is 3.76. The van der Waals surface area contributed by atoms with Crippen molar-refractivity contribution >= 4 is 43.9 Å². The van der Waals surface area contributed by atoms with Crippen molar-refractivity contribution in [1.29, 1.82) is 0 Å². The Kier molecular flexibility index (Phi) is 6.42. The Morgan fingerprint density at radius 3 is 1.52 bits per heavy atom. The molecule has 234 valence electrons. The third-order valence-corrected chi connectivity index (χ3v) is 9.35. The summed E-state index contributed by atoms with van der Waals surface area (Å²) >= 11 is 0. The number of benzene rings is 7. The van der Waals surface area contributed by atoms with Crippen molar-refractivity contribution < 1.29 is 8.83 Å². The molecular formula is C45H27N3O2. The quantitative estimate of drug-likeness (QED) is 0.187. The van der Waals surface area contributed by atoms with Crippen LogP contribution in [0.2, 0.25) is 0 Å². The van der Waals surface area contributed by atoms with Crippen molar-refractivity contribution in [3.8, 4) is 56.4 Å². The number of nitrogens with zero attached hydrogens (tertiary/aromatic N) is 3. The van der Waals surface area contributed by atoms with E-state index >= 15 is 0 Å². The van der Waals surface area contributed by atoms with E-state index in [0.29, 0.717) is 17.5 Å². The molecule has 3 aromatic heterocycles. The lowest BCUT2D eigenvalue weighted by molar-refractivity contribution is 0.668. The van der Waals surface area contributed by atoms with Crippen LogP contribution >= 0.6 is 0 Å². The Morgan fingerprint density at radius 1 is 0.300 bits per heavy atom. The van der Waals surface area contributed by atoms with E-state index < -0.39 is 0 Å². The standard InChI is InChI=1S/C45H27N3O2/c1-3-11-28(12-4-1)29-19-21-31(22-20-29)44-46-43(30-13-5-2-6-14-30)47-45(48-44)37-25-33(27-41-42(37)36-16-8-10-18-39(36)50-41)32-23-24-35-34-15-7-9-17-38(34)49-40(35)26-32/h1-27H. The van der Waals surface area contributed by atoms with Crippen LogP contribution in [-0.2, 0) is 0 Å². The first-order valence-electron chi connectivity index (χ1n) is 16.6. The molecule has 0 saturated carbocycles. The van der Waals surface area contributed by atoms with Crippen molar-refractivity contribution in [2.24, 2.45) is 0 Å². The first-order valence-corrected chi connectivity index (χ1v) is 16.6. The molecule has 5 heteroatoms. The van der Waals surface area contributed by atoms with E-state index in [0.717, 1.165) is 82.8 Å². The van der Waals surface area contributed by atoms with E-state index in [9.17, 15) is 0 Å². The summed E-state index contributed by atoms with van der Waals surface area (Å²) in [5.41, 5.74) is 10.2. The number of hydrogen-bond donors (Lipinski definition) is 0. The molecular weight excluding hydrogens is 615 g/mol. The molecule has 0 bridgehead atoms. The molecule has 10 aromatic rings. The summed E-state index contributed by atoms with van der Waals surface area (Å²) in [6, 6.07) is 55.7. The van der Waals surface area contributed by atoms with Gasteiger partial charge in [-0.3, -0.25) is 0 Å². The Morgan fingerprint density at radius 2 is 0.780 bits per heavy atom. The molecule has 0 aliphatic rings. The van der Waals surface area contributed by atoms with E-state index in [2.05, 4.69) is 91.0 Å². The van der Waals surface area contributed by atoms with Crippen LogP contribution in [0.4, 0.5) is 0 Å².